The van der Waals surface area contributed by atoms with Crippen molar-refractivity contribution in [1.29, 1.82) is 0 Å². The van der Waals surface area contributed by atoms with Crippen LogP contribution in [0.4, 0.5) is 18.9 Å². The summed E-state index contributed by atoms with van der Waals surface area (Å²) in [6.45, 7) is -0.426. The van der Waals surface area contributed by atoms with Gasteiger partial charge in [-0.2, -0.15) is 13.2 Å². The van der Waals surface area contributed by atoms with Crippen LogP contribution in [0.15, 0.2) is 81.3 Å². The van der Waals surface area contributed by atoms with Gasteiger partial charge in [0, 0.05) is 17.2 Å². The van der Waals surface area contributed by atoms with E-state index in [2.05, 4.69) is 5.32 Å². The molecule has 6 nitrogen and oxygen atoms in total. The maximum absolute atomic E-state index is 12.7. The minimum Gasteiger partial charge on any atom is -0.324 e. The predicted octanol–water partition coefficient (Wildman–Crippen LogP) is 3.31. The number of anilines is 1. The Bertz CT molecular complexity index is 1160. The zero-order valence-corrected chi connectivity index (χ0v) is 16.2. The third-order valence-corrected chi connectivity index (χ3v) is 4.83. The lowest BCUT2D eigenvalue weighted by molar-refractivity contribution is -0.116. The number of alkyl halides is 3. The molecule has 0 bridgehead atoms. The van der Waals surface area contributed by atoms with E-state index in [1.54, 1.807) is 12.1 Å². The van der Waals surface area contributed by atoms with Gasteiger partial charge in [0.15, 0.2) is 0 Å². The Labute approximate surface area is 173 Å². The highest BCUT2D eigenvalue weighted by Gasteiger charge is 2.30. The van der Waals surface area contributed by atoms with Crippen LogP contribution in [0.1, 0.15) is 5.56 Å². The fourth-order valence-electron chi connectivity index (χ4n) is 2.72. The van der Waals surface area contributed by atoms with Crippen molar-refractivity contribution in [3.63, 3.8) is 0 Å². The molecule has 30 heavy (non-hydrogen) atoms. The van der Waals surface area contributed by atoms with Crippen molar-refractivity contribution in [3.8, 4) is 0 Å². The Hall–Kier alpha value is -3.27. The molecule has 156 valence electrons. The summed E-state index contributed by atoms with van der Waals surface area (Å²) in [4.78, 5) is 36.9. The van der Waals surface area contributed by atoms with E-state index in [9.17, 15) is 27.6 Å². The second-order valence-electron chi connectivity index (χ2n) is 6.23. The second-order valence-corrected chi connectivity index (χ2v) is 7.34. The number of aromatic nitrogens is 2. The molecule has 0 spiro atoms. The standard InChI is InChI=1S/C20H16F3N3O3S/c21-20(22,23)30-16-9-5-4-8-15(16)24-17(27)13-26-18(28)10-11-25(19(26)29)12-14-6-2-1-3-7-14/h1-11H,12-13H2,(H,24,27). The smallest absolute Gasteiger partial charge is 0.324 e. The van der Waals surface area contributed by atoms with E-state index >= 15 is 0 Å². The van der Waals surface area contributed by atoms with Gasteiger partial charge in [0.25, 0.3) is 5.56 Å². The van der Waals surface area contributed by atoms with Gasteiger partial charge in [-0.05, 0) is 29.5 Å². The third-order valence-electron chi connectivity index (χ3n) is 4.02. The quantitative estimate of drug-likeness (QED) is 0.603. The zero-order chi connectivity index (χ0) is 21.7. The molecule has 0 atom stereocenters. The number of nitrogens with zero attached hydrogens (tertiary/aromatic N) is 2. The topological polar surface area (TPSA) is 73.1 Å². The highest BCUT2D eigenvalue weighted by molar-refractivity contribution is 8.00. The van der Waals surface area contributed by atoms with Gasteiger partial charge in [-0.1, -0.05) is 42.5 Å². The summed E-state index contributed by atoms with van der Waals surface area (Å²) >= 11 is -0.363. The number of hydrogen-bond donors (Lipinski definition) is 1. The van der Waals surface area contributed by atoms with E-state index in [4.69, 9.17) is 0 Å². The molecule has 1 aromatic heterocycles. The van der Waals surface area contributed by atoms with Crippen molar-refractivity contribution in [2.75, 3.05) is 5.32 Å². The summed E-state index contributed by atoms with van der Waals surface area (Å²) in [5.41, 5.74) is -5.13. The van der Waals surface area contributed by atoms with Crippen LogP contribution < -0.4 is 16.6 Å². The van der Waals surface area contributed by atoms with Gasteiger partial charge < -0.3 is 5.32 Å². The molecule has 0 radical (unpaired) electrons. The van der Waals surface area contributed by atoms with E-state index in [0.29, 0.717) is 0 Å². The molecule has 2 aromatic carbocycles. The maximum Gasteiger partial charge on any atom is 0.446 e. The first-order valence-electron chi connectivity index (χ1n) is 8.72. The number of para-hydroxylation sites is 1. The number of hydrogen-bond acceptors (Lipinski definition) is 4. The average molecular weight is 435 g/mol. The Morgan fingerprint density at radius 2 is 1.63 bits per heavy atom. The first-order chi connectivity index (χ1) is 14.2. The Balaban J connectivity index is 1.80. The summed E-state index contributed by atoms with van der Waals surface area (Å²) in [6, 6.07) is 15.6. The lowest BCUT2D eigenvalue weighted by Gasteiger charge is -2.13. The molecule has 0 aliphatic rings. The number of nitrogens with one attached hydrogen (secondary N) is 1. The summed E-state index contributed by atoms with van der Waals surface area (Å²) in [5.74, 6) is -0.790. The zero-order valence-electron chi connectivity index (χ0n) is 15.4. The highest BCUT2D eigenvalue weighted by Crippen LogP contribution is 2.40. The molecular formula is C20H16F3N3O3S. The van der Waals surface area contributed by atoms with Crippen molar-refractivity contribution in [3.05, 3.63) is 93.3 Å². The van der Waals surface area contributed by atoms with Gasteiger partial charge in [0.2, 0.25) is 5.91 Å². The number of thioether (sulfide) groups is 1. The summed E-state index contributed by atoms with van der Waals surface area (Å²) in [7, 11) is 0. The summed E-state index contributed by atoms with van der Waals surface area (Å²) < 4.78 is 40.1. The first-order valence-corrected chi connectivity index (χ1v) is 9.53. The van der Waals surface area contributed by atoms with Gasteiger partial charge in [-0.3, -0.25) is 18.7 Å². The molecule has 1 amide bonds. The van der Waals surface area contributed by atoms with Gasteiger partial charge >= 0.3 is 11.2 Å². The molecule has 3 rings (SSSR count). The fraction of sp³-hybridized carbons (Fsp3) is 0.150. The molecule has 0 saturated carbocycles. The molecule has 0 fully saturated rings. The third kappa shape index (κ3) is 5.63. The van der Waals surface area contributed by atoms with Gasteiger partial charge in [0.05, 0.1) is 12.2 Å². The second kappa shape index (κ2) is 9.04. The van der Waals surface area contributed by atoms with Crippen LogP contribution >= 0.6 is 11.8 Å². The van der Waals surface area contributed by atoms with E-state index in [1.165, 1.54) is 35.0 Å². The van der Waals surface area contributed by atoms with E-state index in [-0.39, 0.29) is 28.9 Å². The Kier molecular flexibility index (Phi) is 6.46. The molecule has 0 saturated heterocycles. The van der Waals surface area contributed by atoms with Crippen LogP contribution in [0.3, 0.4) is 0 Å². The molecule has 0 unspecified atom stereocenters. The largest absolute Gasteiger partial charge is 0.446 e. The predicted molar refractivity (Wildman–Crippen MR) is 107 cm³/mol. The monoisotopic (exact) mass is 435 g/mol. The van der Waals surface area contributed by atoms with Crippen molar-refractivity contribution < 1.29 is 18.0 Å². The van der Waals surface area contributed by atoms with Crippen LogP contribution in [0.2, 0.25) is 0 Å². The minimum atomic E-state index is -4.53. The van der Waals surface area contributed by atoms with Gasteiger partial charge in [-0.15, -0.1) is 0 Å². The molecule has 0 aliphatic heterocycles. The SMILES string of the molecule is O=C(Cn1c(=O)ccn(Cc2ccccc2)c1=O)Nc1ccccc1SC(F)(F)F. The average Bonchev–Trinajstić information content (AvgIpc) is 2.69. The highest BCUT2D eigenvalue weighted by atomic mass is 32.2. The van der Waals surface area contributed by atoms with Crippen LogP contribution in [-0.2, 0) is 17.9 Å². The number of halogens is 3. The summed E-state index contributed by atoms with van der Waals surface area (Å²) in [6.07, 6.45) is 1.33. The first kappa shape index (κ1) is 21.4. The van der Waals surface area contributed by atoms with Gasteiger partial charge in [0.1, 0.15) is 6.54 Å². The molecule has 0 aliphatic carbocycles. The van der Waals surface area contributed by atoms with E-state index < -0.39 is 29.2 Å². The summed E-state index contributed by atoms with van der Waals surface area (Å²) in [5, 5.41) is 2.34. The number of benzene rings is 2. The van der Waals surface area contributed by atoms with E-state index in [0.717, 1.165) is 16.2 Å². The Morgan fingerprint density at radius 3 is 2.33 bits per heavy atom. The van der Waals surface area contributed by atoms with Crippen LogP contribution in [0.5, 0.6) is 0 Å². The number of amides is 1. The number of carbonyl (C=O) groups excluding carboxylic acids is 1. The maximum atomic E-state index is 12.7. The molecule has 1 heterocycles. The number of carbonyl (C=O) groups is 1. The molecule has 3 aromatic rings. The van der Waals surface area contributed by atoms with Crippen LogP contribution in [0.25, 0.3) is 0 Å². The minimum absolute atomic E-state index is 0.0570. The lowest BCUT2D eigenvalue weighted by atomic mass is 10.2. The normalized spacial score (nSPS) is 11.3. The molecule has 10 heteroatoms. The lowest BCUT2D eigenvalue weighted by Crippen LogP contribution is -2.41. The van der Waals surface area contributed by atoms with Crippen molar-refractivity contribution >= 4 is 23.4 Å². The number of rotatable bonds is 6. The van der Waals surface area contributed by atoms with Gasteiger partial charge in [-0.25, -0.2) is 4.79 Å². The van der Waals surface area contributed by atoms with E-state index in [1.807, 2.05) is 18.2 Å². The Morgan fingerprint density at radius 1 is 0.967 bits per heavy atom. The molecular weight excluding hydrogens is 419 g/mol. The van der Waals surface area contributed by atoms with Crippen molar-refractivity contribution in [2.24, 2.45) is 0 Å². The fourth-order valence-corrected chi connectivity index (χ4v) is 3.34. The van der Waals surface area contributed by atoms with Crippen LogP contribution in [0, 0.1) is 0 Å². The van der Waals surface area contributed by atoms with Crippen LogP contribution in [-0.4, -0.2) is 20.5 Å². The van der Waals surface area contributed by atoms with Crippen molar-refractivity contribution in [1.82, 2.24) is 9.13 Å². The van der Waals surface area contributed by atoms with Crippen molar-refractivity contribution in [2.45, 2.75) is 23.5 Å². The molecule has 1 N–H and O–H groups in total.